The molecule has 0 aliphatic carbocycles. The molecule has 0 fully saturated rings. The highest BCUT2D eigenvalue weighted by Crippen LogP contribution is 2.27. The van der Waals surface area contributed by atoms with Gasteiger partial charge in [0.25, 0.3) is 5.91 Å². The number of anilines is 1. The van der Waals surface area contributed by atoms with Crippen molar-refractivity contribution in [3.05, 3.63) is 60.4 Å². The van der Waals surface area contributed by atoms with E-state index in [2.05, 4.69) is 15.3 Å². The minimum atomic E-state index is -0.249. The highest BCUT2D eigenvalue weighted by atomic mass is 16.5. The van der Waals surface area contributed by atoms with Crippen molar-refractivity contribution in [1.82, 2.24) is 9.97 Å². The third-order valence-electron chi connectivity index (χ3n) is 4.22. The lowest BCUT2D eigenvalue weighted by Gasteiger charge is -2.09. The van der Waals surface area contributed by atoms with Crippen LogP contribution >= 0.6 is 0 Å². The number of carbonyl (C=O) groups excluding carboxylic acids is 1. The van der Waals surface area contributed by atoms with Crippen molar-refractivity contribution < 1.29 is 14.3 Å². The van der Waals surface area contributed by atoms with Crippen LogP contribution in [0.4, 0.5) is 5.69 Å². The number of rotatable bonds is 4. The number of aromatic nitrogens is 2. The first-order chi connectivity index (χ1) is 12.7. The first-order valence-corrected chi connectivity index (χ1v) is 8.09. The fraction of sp³-hybridized carbons (Fsp3) is 0.100. The van der Waals surface area contributed by atoms with Gasteiger partial charge in [-0.2, -0.15) is 0 Å². The summed E-state index contributed by atoms with van der Waals surface area (Å²) in [6.45, 7) is 0. The topological polar surface area (TPSA) is 76.2 Å². The fourth-order valence-electron chi connectivity index (χ4n) is 2.94. The summed E-state index contributed by atoms with van der Waals surface area (Å²) in [6, 6.07) is 14.9. The normalized spacial score (nSPS) is 10.8. The zero-order chi connectivity index (χ0) is 18.1. The molecule has 4 rings (SSSR count). The monoisotopic (exact) mass is 347 g/mol. The minimum Gasteiger partial charge on any atom is -0.497 e. The van der Waals surface area contributed by atoms with E-state index in [0.29, 0.717) is 22.9 Å². The molecule has 0 aliphatic rings. The number of H-pyrrole nitrogens is 1. The van der Waals surface area contributed by atoms with Gasteiger partial charge in [0.15, 0.2) is 0 Å². The van der Waals surface area contributed by atoms with E-state index in [1.54, 1.807) is 38.6 Å². The van der Waals surface area contributed by atoms with Crippen molar-refractivity contribution in [2.75, 3.05) is 19.5 Å². The van der Waals surface area contributed by atoms with E-state index in [0.717, 1.165) is 21.8 Å². The van der Waals surface area contributed by atoms with Crippen LogP contribution in [0.3, 0.4) is 0 Å². The molecule has 2 aromatic carbocycles. The molecule has 130 valence electrons. The highest BCUT2D eigenvalue weighted by Gasteiger charge is 2.13. The smallest absolute Gasteiger partial charge is 0.272 e. The number of hydrogen-bond acceptors (Lipinski definition) is 4. The Morgan fingerprint density at radius 2 is 1.73 bits per heavy atom. The Balaban J connectivity index is 1.69. The van der Waals surface area contributed by atoms with Crippen molar-refractivity contribution in [1.29, 1.82) is 0 Å². The third kappa shape index (κ3) is 2.82. The lowest BCUT2D eigenvalue weighted by Crippen LogP contribution is -2.12. The SMILES string of the molecule is COc1cc(NC(=O)c2cc3ccc4cccnc4c3[nH]2)cc(OC)c1. The standard InChI is InChI=1S/C20H17N3O3/c1-25-15-9-14(10-16(11-15)26-2)22-20(24)17-8-13-6-5-12-4-3-7-21-18(12)19(13)23-17/h3-11,23H,1-2H3,(H,22,24). The molecule has 0 saturated carbocycles. The van der Waals surface area contributed by atoms with E-state index in [1.807, 2.05) is 30.3 Å². The number of pyridine rings is 1. The molecule has 2 heterocycles. The van der Waals surface area contributed by atoms with Crippen LogP contribution in [-0.4, -0.2) is 30.1 Å². The molecule has 2 aromatic heterocycles. The quantitative estimate of drug-likeness (QED) is 0.585. The average molecular weight is 347 g/mol. The van der Waals surface area contributed by atoms with Crippen molar-refractivity contribution in [3.8, 4) is 11.5 Å². The van der Waals surface area contributed by atoms with Gasteiger partial charge in [0.2, 0.25) is 0 Å². The van der Waals surface area contributed by atoms with Gasteiger partial charge in [0, 0.05) is 40.9 Å². The zero-order valence-corrected chi connectivity index (χ0v) is 14.4. The van der Waals surface area contributed by atoms with E-state index >= 15 is 0 Å². The van der Waals surface area contributed by atoms with Crippen LogP contribution in [0, 0.1) is 0 Å². The van der Waals surface area contributed by atoms with Gasteiger partial charge in [-0.05, 0) is 12.1 Å². The maximum absolute atomic E-state index is 12.7. The second-order valence-electron chi connectivity index (χ2n) is 5.84. The van der Waals surface area contributed by atoms with Gasteiger partial charge in [-0.3, -0.25) is 9.78 Å². The molecule has 0 aliphatic heterocycles. The van der Waals surface area contributed by atoms with Gasteiger partial charge in [0.05, 0.1) is 25.3 Å². The minimum absolute atomic E-state index is 0.249. The maximum Gasteiger partial charge on any atom is 0.272 e. The van der Waals surface area contributed by atoms with Crippen LogP contribution in [0.5, 0.6) is 11.5 Å². The Hall–Kier alpha value is -3.54. The van der Waals surface area contributed by atoms with Crippen molar-refractivity contribution in [3.63, 3.8) is 0 Å². The molecule has 6 nitrogen and oxygen atoms in total. The molecule has 1 amide bonds. The molecule has 0 saturated heterocycles. The molecule has 0 spiro atoms. The number of benzene rings is 2. The second-order valence-corrected chi connectivity index (χ2v) is 5.84. The molecule has 0 unspecified atom stereocenters. The van der Waals surface area contributed by atoms with Gasteiger partial charge in [-0.15, -0.1) is 0 Å². The summed E-state index contributed by atoms with van der Waals surface area (Å²) >= 11 is 0. The van der Waals surface area contributed by atoms with Crippen LogP contribution in [-0.2, 0) is 0 Å². The van der Waals surface area contributed by atoms with Crippen molar-refractivity contribution in [2.24, 2.45) is 0 Å². The largest absolute Gasteiger partial charge is 0.497 e. The van der Waals surface area contributed by atoms with Crippen LogP contribution in [0.25, 0.3) is 21.8 Å². The molecule has 6 heteroatoms. The van der Waals surface area contributed by atoms with E-state index in [9.17, 15) is 4.79 Å². The molecule has 0 radical (unpaired) electrons. The Kier molecular flexibility index (Phi) is 3.93. The summed E-state index contributed by atoms with van der Waals surface area (Å²) in [4.78, 5) is 20.3. The molecule has 0 bridgehead atoms. The van der Waals surface area contributed by atoms with Crippen molar-refractivity contribution >= 4 is 33.4 Å². The molecule has 0 atom stereocenters. The van der Waals surface area contributed by atoms with E-state index in [4.69, 9.17) is 9.47 Å². The molecule has 2 N–H and O–H groups in total. The van der Waals surface area contributed by atoms with Crippen LogP contribution in [0.15, 0.2) is 54.7 Å². The van der Waals surface area contributed by atoms with E-state index in [1.165, 1.54) is 0 Å². The van der Waals surface area contributed by atoms with Crippen LogP contribution in [0.2, 0.25) is 0 Å². The predicted octanol–water partition coefficient (Wildman–Crippen LogP) is 3.99. The zero-order valence-electron chi connectivity index (χ0n) is 14.4. The van der Waals surface area contributed by atoms with Gasteiger partial charge < -0.3 is 19.8 Å². The second kappa shape index (κ2) is 6.40. The van der Waals surface area contributed by atoms with Crippen LogP contribution < -0.4 is 14.8 Å². The van der Waals surface area contributed by atoms with Gasteiger partial charge in [-0.1, -0.05) is 18.2 Å². The number of methoxy groups -OCH3 is 2. The fourth-order valence-corrected chi connectivity index (χ4v) is 2.94. The summed E-state index contributed by atoms with van der Waals surface area (Å²) in [5, 5.41) is 4.82. The van der Waals surface area contributed by atoms with E-state index < -0.39 is 0 Å². The maximum atomic E-state index is 12.7. The van der Waals surface area contributed by atoms with Crippen molar-refractivity contribution in [2.45, 2.75) is 0 Å². The Bertz CT molecular complexity index is 1100. The predicted molar refractivity (Wildman–Crippen MR) is 101 cm³/mol. The molecular weight excluding hydrogens is 330 g/mol. The summed E-state index contributed by atoms with van der Waals surface area (Å²) in [6.07, 6.45) is 1.74. The molecule has 4 aromatic rings. The van der Waals surface area contributed by atoms with Gasteiger partial charge in [-0.25, -0.2) is 0 Å². The number of nitrogens with one attached hydrogen (secondary N) is 2. The Labute approximate surface area is 149 Å². The number of nitrogens with zero attached hydrogens (tertiary/aromatic N) is 1. The van der Waals surface area contributed by atoms with Gasteiger partial charge in [0.1, 0.15) is 17.2 Å². The third-order valence-corrected chi connectivity index (χ3v) is 4.22. The van der Waals surface area contributed by atoms with E-state index in [-0.39, 0.29) is 5.91 Å². The number of aromatic amines is 1. The first-order valence-electron chi connectivity index (χ1n) is 8.09. The summed E-state index contributed by atoms with van der Waals surface area (Å²) in [5.74, 6) is 0.957. The average Bonchev–Trinajstić information content (AvgIpc) is 3.12. The van der Waals surface area contributed by atoms with Gasteiger partial charge >= 0.3 is 0 Å². The number of amides is 1. The number of hydrogen-bond donors (Lipinski definition) is 2. The highest BCUT2D eigenvalue weighted by molar-refractivity contribution is 6.10. The summed E-state index contributed by atoms with van der Waals surface area (Å²) in [5.41, 5.74) is 2.73. The number of fused-ring (bicyclic) bond motifs is 3. The number of carbonyl (C=O) groups is 1. The lowest BCUT2D eigenvalue weighted by atomic mass is 10.1. The molecule has 26 heavy (non-hydrogen) atoms. The number of ether oxygens (including phenoxy) is 2. The Morgan fingerprint density at radius 3 is 2.46 bits per heavy atom. The lowest BCUT2D eigenvalue weighted by molar-refractivity contribution is 0.102. The Morgan fingerprint density at radius 1 is 1.00 bits per heavy atom. The molecular formula is C20H17N3O3. The summed E-state index contributed by atoms with van der Waals surface area (Å²) < 4.78 is 10.5. The summed E-state index contributed by atoms with van der Waals surface area (Å²) in [7, 11) is 3.13. The van der Waals surface area contributed by atoms with Crippen LogP contribution in [0.1, 0.15) is 10.5 Å². The first kappa shape index (κ1) is 16.0.